The Bertz CT molecular complexity index is 236. The van der Waals surface area contributed by atoms with E-state index in [0.717, 1.165) is 23.7 Å². The topological polar surface area (TPSA) is 0 Å². The van der Waals surface area contributed by atoms with Crippen LogP contribution in [0.25, 0.3) is 0 Å². The molecule has 0 amide bonds. The van der Waals surface area contributed by atoms with Crippen molar-refractivity contribution in [3.05, 3.63) is 12.2 Å². The van der Waals surface area contributed by atoms with Gasteiger partial charge < -0.3 is 0 Å². The van der Waals surface area contributed by atoms with Gasteiger partial charge in [0, 0.05) is 0 Å². The monoisotopic (exact) mass is 234 g/mol. The predicted octanol–water partition coefficient (Wildman–Crippen LogP) is 5.59. The summed E-state index contributed by atoms with van der Waals surface area (Å²) in [5.74, 6) is 4.14. The number of hydrogen-bond donors (Lipinski definition) is 0. The van der Waals surface area contributed by atoms with E-state index in [1.807, 2.05) is 0 Å². The van der Waals surface area contributed by atoms with Gasteiger partial charge in [0.1, 0.15) is 0 Å². The average Bonchev–Trinajstić information content (AvgIpc) is 2.42. The van der Waals surface area contributed by atoms with Crippen molar-refractivity contribution in [3.8, 4) is 0 Å². The van der Waals surface area contributed by atoms with E-state index in [0.29, 0.717) is 0 Å². The summed E-state index contributed by atoms with van der Waals surface area (Å²) in [5, 5.41) is 0. The first-order valence-electron chi connectivity index (χ1n) is 8.00. The molecule has 0 radical (unpaired) electrons. The maximum atomic E-state index is 2.44. The Balaban J connectivity index is 1.89. The van der Waals surface area contributed by atoms with Crippen molar-refractivity contribution in [2.45, 2.75) is 71.6 Å². The Labute approximate surface area is 108 Å². The SMILES string of the molecule is CCC(CC)C1CCCC(C2CC=CCC2)C1. The van der Waals surface area contributed by atoms with Gasteiger partial charge in [0.25, 0.3) is 0 Å². The molecule has 3 unspecified atom stereocenters. The van der Waals surface area contributed by atoms with Crippen LogP contribution in [0.5, 0.6) is 0 Å². The Morgan fingerprint density at radius 1 is 1.00 bits per heavy atom. The Hall–Kier alpha value is -0.260. The summed E-state index contributed by atoms with van der Waals surface area (Å²) in [6.45, 7) is 4.78. The largest absolute Gasteiger partial charge is 0.0885 e. The van der Waals surface area contributed by atoms with Gasteiger partial charge in [-0.25, -0.2) is 0 Å². The van der Waals surface area contributed by atoms with Crippen LogP contribution in [0.4, 0.5) is 0 Å². The average molecular weight is 234 g/mol. The molecule has 1 fully saturated rings. The molecule has 0 N–H and O–H groups in total. The van der Waals surface area contributed by atoms with Crippen LogP contribution >= 0.6 is 0 Å². The van der Waals surface area contributed by atoms with Gasteiger partial charge >= 0.3 is 0 Å². The summed E-state index contributed by atoms with van der Waals surface area (Å²) in [7, 11) is 0. The molecule has 0 aromatic rings. The summed E-state index contributed by atoms with van der Waals surface area (Å²) in [6.07, 6.45) is 17.9. The molecular formula is C17H30. The van der Waals surface area contributed by atoms with Crippen molar-refractivity contribution >= 4 is 0 Å². The van der Waals surface area contributed by atoms with Crippen molar-refractivity contribution in [2.24, 2.45) is 23.7 Å². The standard InChI is InChI=1S/C17H30/c1-3-14(4-2)16-11-8-12-17(13-16)15-9-6-5-7-10-15/h5-6,14-17H,3-4,7-13H2,1-2H3. The van der Waals surface area contributed by atoms with Gasteiger partial charge in [-0.05, 0) is 49.4 Å². The molecule has 17 heavy (non-hydrogen) atoms. The fourth-order valence-corrected chi connectivity index (χ4v) is 4.32. The molecule has 2 rings (SSSR count). The van der Waals surface area contributed by atoms with Crippen LogP contribution < -0.4 is 0 Å². The molecule has 2 aliphatic rings. The quantitative estimate of drug-likeness (QED) is 0.557. The molecule has 3 atom stereocenters. The van der Waals surface area contributed by atoms with Gasteiger partial charge in [0.15, 0.2) is 0 Å². The van der Waals surface area contributed by atoms with Gasteiger partial charge in [-0.1, -0.05) is 58.1 Å². The van der Waals surface area contributed by atoms with Crippen molar-refractivity contribution in [1.29, 1.82) is 0 Å². The van der Waals surface area contributed by atoms with Gasteiger partial charge in [-0.2, -0.15) is 0 Å². The second kappa shape index (κ2) is 6.61. The minimum atomic E-state index is 1.01. The van der Waals surface area contributed by atoms with Crippen LogP contribution in [0.3, 0.4) is 0 Å². The first-order valence-corrected chi connectivity index (χ1v) is 8.00. The Morgan fingerprint density at radius 2 is 1.82 bits per heavy atom. The van der Waals surface area contributed by atoms with Crippen molar-refractivity contribution in [3.63, 3.8) is 0 Å². The molecule has 98 valence electrons. The lowest BCUT2D eigenvalue weighted by molar-refractivity contribution is 0.139. The number of rotatable bonds is 4. The van der Waals surface area contributed by atoms with Crippen LogP contribution in [0, 0.1) is 23.7 Å². The summed E-state index contributed by atoms with van der Waals surface area (Å²) >= 11 is 0. The van der Waals surface area contributed by atoms with Gasteiger partial charge in [0.2, 0.25) is 0 Å². The minimum absolute atomic E-state index is 1.01. The molecule has 1 saturated carbocycles. The van der Waals surface area contributed by atoms with Gasteiger partial charge in [-0.15, -0.1) is 0 Å². The van der Waals surface area contributed by atoms with Crippen LogP contribution in [0.1, 0.15) is 71.6 Å². The zero-order chi connectivity index (χ0) is 12.1. The molecule has 0 nitrogen and oxygen atoms in total. The Morgan fingerprint density at radius 3 is 2.47 bits per heavy atom. The summed E-state index contributed by atoms with van der Waals surface area (Å²) in [4.78, 5) is 0. The summed E-state index contributed by atoms with van der Waals surface area (Å²) in [5.41, 5.74) is 0. The van der Waals surface area contributed by atoms with Crippen molar-refractivity contribution in [2.75, 3.05) is 0 Å². The highest BCUT2D eigenvalue weighted by molar-refractivity contribution is 4.93. The van der Waals surface area contributed by atoms with Crippen LogP contribution in [0.2, 0.25) is 0 Å². The lowest BCUT2D eigenvalue weighted by atomic mass is 9.68. The third-order valence-electron chi connectivity index (χ3n) is 5.45. The number of hydrogen-bond acceptors (Lipinski definition) is 0. The molecule has 2 aliphatic carbocycles. The lowest BCUT2D eigenvalue weighted by Gasteiger charge is -2.38. The van der Waals surface area contributed by atoms with E-state index in [1.54, 1.807) is 6.42 Å². The first kappa shape index (κ1) is 13.2. The third kappa shape index (κ3) is 3.36. The second-order valence-corrected chi connectivity index (χ2v) is 6.31. The Kier molecular flexibility index (Phi) is 5.13. The van der Waals surface area contributed by atoms with E-state index < -0.39 is 0 Å². The van der Waals surface area contributed by atoms with Crippen LogP contribution in [0.15, 0.2) is 12.2 Å². The fourth-order valence-electron chi connectivity index (χ4n) is 4.32. The highest BCUT2D eigenvalue weighted by Gasteiger charge is 2.30. The van der Waals surface area contributed by atoms with Gasteiger partial charge in [0.05, 0.1) is 0 Å². The van der Waals surface area contributed by atoms with Crippen LogP contribution in [-0.2, 0) is 0 Å². The maximum Gasteiger partial charge on any atom is -0.0319 e. The number of allylic oxidation sites excluding steroid dienone is 2. The fraction of sp³-hybridized carbons (Fsp3) is 0.882. The molecule has 0 bridgehead atoms. The molecule has 0 saturated heterocycles. The molecule has 0 aromatic heterocycles. The highest BCUT2D eigenvalue weighted by atomic mass is 14.4. The van der Waals surface area contributed by atoms with E-state index in [1.165, 1.54) is 51.4 Å². The van der Waals surface area contributed by atoms with E-state index in [-0.39, 0.29) is 0 Å². The van der Waals surface area contributed by atoms with Crippen molar-refractivity contribution in [1.82, 2.24) is 0 Å². The van der Waals surface area contributed by atoms with E-state index >= 15 is 0 Å². The van der Waals surface area contributed by atoms with Crippen molar-refractivity contribution < 1.29 is 0 Å². The first-order chi connectivity index (χ1) is 8.35. The third-order valence-corrected chi connectivity index (χ3v) is 5.45. The second-order valence-electron chi connectivity index (χ2n) is 6.31. The normalized spacial score (nSPS) is 34.2. The predicted molar refractivity (Wildman–Crippen MR) is 76.0 cm³/mol. The highest BCUT2D eigenvalue weighted by Crippen LogP contribution is 2.42. The van der Waals surface area contributed by atoms with Crippen LogP contribution in [-0.4, -0.2) is 0 Å². The molecule has 0 aromatic carbocycles. The zero-order valence-electron chi connectivity index (χ0n) is 11.8. The molecule has 0 heteroatoms. The minimum Gasteiger partial charge on any atom is -0.0885 e. The molecular weight excluding hydrogens is 204 g/mol. The molecule has 0 heterocycles. The lowest BCUT2D eigenvalue weighted by Crippen LogP contribution is -2.27. The zero-order valence-corrected chi connectivity index (χ0v) is 11.8. The van der Waals surface area contributed by atoms with E-state index in [2.05, 4.69) is 26.0 Å². The summed E-state index contributed by atoms with van der Waals surface area (Å²) in [6, 6.07) is 0. The van der Waals surface area contributed by atoms with E-state index in [9.17, 15) is 0 Å². The maximum absolute atomic E-state index is 2.44. The molecule has 0 aliphatic heterocycles. The smallest absolute Gasteiger partial charge is 0.0319 e. The summed E-state index contributed by atoms with van der Waals surface area (Å²) < 4.78 is 0. The van der Waals surface area contributed by atoms with Gasteiger partial charge in [-0.3, -0.25) is 0 Å². The molecule has 0 spiro atoms. The van der Waals surface area contributed by atoms with E-state index in [4.69, 9.17) is 0 Å².